The summed E-state index contributed by atoms with van der Waals surface area (Å²) in [6, 6.07) is 22.1. The summed E-state index contributed by atoms with van der Waals surface area (Å²) >= 11 is 0. The van der Waals surface area contributed by atoms with Crippen molar-refractivity contribution >= 4 is 6.21 Å². The van der Waals surface area contributed by atoms with Gasteiger partial charge in [0, 0.05) is 18.3 Å². The first-order chi connectivity index (χ1) is 12.5. The fourth-order valence-corrected chi connectivity index (χ4v) is 3.16. The Kier molecular flexibility index (Phi) is 7.59. The standard InChI is InChI=1S/C24H34N2/c1-6-21(19-14-10-8-11-15-19)25-18-23(24(3,4)5)26-22(7-2)20-16-12-9-13-17-20/h8-18,21-23,26H,6-7H2,1-5H3/t21-,22-,23?/m0/s1. The Morgan fingerprint density at radius 3 is 1.85 bits per heavy atom. The molecule has 0 aliphatic heterocycles. The van der Waals surface area contributed by atoms with Gasteiger partial charge in [-0.15, -0.1) is 0 Å². The van der Waals surface area contributed by atoms with Crippen molar-refractivity contribution in [2.24, 2.45) is 10.4 Å². The summed E-state index contributed by atoms with van der Waals surface area (Å²) in [6.07, 6.45) is 4.21. The largest absolute Gasteiger partial charge is 0.302 e. The van der Waals surface area contributed by atoms with Gasteiger partial charge in [0.15, 0.2) is 0 Å². The first-order valence-corrected chi connectivity index (χ1v) is 9.85. The summed E-state index contributed by atoms with van der Waals surface area (Å²) in [5.74, 6) is 0. The Hall–Kier alpha value is -1.93. The minimum absolute atomic E-state index is 0.0979. The average Bonchev–Trinajstić information content (AvgIpc) is 2.65. The molecule has 2 nitrogen and oxygen atoms in total. The van der Waals surface area contributed by atoms with Crippen molar-refractivity contribution in [3.05, 3.63) is 71.8 Å². The predicted molar refractivity (Wildman–Crippen MR) is 114 cm³/mol. The summed E-state index contributed by atoms with van der Waals surface area (Å²) in [6.45, 7) is 11.3. The topological polar surface area (TPSA) is 24.4 Å². The van der Waals surface area contributed by atoms with Gasteiger partial charge in [0.2, 0.25) is 0 Å². The van der Waals surface area contributed by atoms with Crippen LogP contribution < -0.4 is 5.32 Å². The number of nitrogens with one attached hydrogen (secondary N) is 1. The SMILES string of the molecule is CC[C@H](N=CC(N[C@@H](CC)c1ccccc1)C(C)(C)C)c1ccccc1. The van der Waals surface area contributed by atoms with Crippen LogP contribution >= 0.6 is 0 Å². The van der Waals surface area contributed by atoms with Crippen molar-refractivity contribution in [1.82, 2.24) is 5.32 Å². The number of hydrogen-bond acceptors (Lipinski definition) is 2. The van der Waals surface area contributed by atoms with E-state index in [1.165, 1.54) is 11.1 Å². The Morgan fingerprint density at radius 2 is 1.38 bits per heavy atom. The lowest BCUT2D eigenvalue weighted by Crippen LogP contribution is -2.43. The molecule has 2 aromatic rings. The van der Waals surface area contributed by atoms with Crippen LogP contribution in [0.3, 0.4) is 0 Å². The molecule has 0 radical (unpaired) electrons. The molecule has 0 heterocycles. The minimum Gasteiger partial charge on any atom is -0.302 e. The summed E-state index contributed by atoms with van der Waals surface area (Å²) in [5, 5.41) is 3.84. The summed E-state index contributed by atoms with van der Waals surface area (Å²) in [7, 11) is 0. The molecule has 0 fully saturated rings. The molecule has 2 rings (SSSR count). The smallest absolute Gasteiger partial charge is 0.0743 e. The fraction of sp³-hybridized carbons (Fsp3) is 0.458. The molecule has 0 aliphatic rings. The molecule has 140 valence electrons. The van der Waals surface area contributed by atoms with Crippen LogP contribution in [0.5, 0.6) is 0 Å². The van der Waals surface area contributed by atoms with Gasteiger partial charge in [0.05, 0.1) is 6.04 Å². The van der Waals surface area contributed by atoms with E-state index in [4.69, 9.17) is 4.99 Å². The van der Waals surface area contributed by atoms with E-state index in [9.17, 15) is 0 Å². The lowest BCUT2D eigenvalue weighted by Gasteiger charge is -2.33. The van der Waals surface area contributed by atoms with E-state index in [2.05, 4.69) is 107 Å². The summed E-state index contributed by atoms with van der Waals surface area (Å²) < 4.78 is 0. The lowest BCUT2D eigenvalue weighted by atomic mass is 9.86. The van der Waals surface area contributed by atoms with Crippen molar-refractivity contribution in [3.8, 4) is 0 Å². The van der Waals surface area contributed by atoms with Crippen molar-refractivity contribution < 1.29 is 0 Å². The maximum Gasteiger partial charge on any atom is 0.0743 e. The molecule has 2 aromatic carbocycles. The molecule has 26 heavy (non-hydrogen) atoms. The van der Waals surface area contributed by atoms with Gasteiger partial charge < -0.3 is 5.32 Å². The maximum atomic E-state index is 4.97. The summed E-state index contributed by atoms with van der Waals surface area (Å²) in [5.41, 5.74) is 2.72. The molecule has 0 bridgehead atoms. The Morgan fingerprint density at radius 1 is 0.846 bits per heavy atom. The van der Waals surface area contributed by atoms with Gasteiger partial charge in [0.25, 0.3) is 0 Å². The second kappa shape index (κ2) is 9.68. The molecule has 0 aromatic heterocycles. The van der Waals surface area contributed by atoms with Gasteiger partial charge in [-0.25, -0.2) is 0 Å². The normalized spacial score (nSPS) is 15.7. The molecular weight excluding hydrogens is 316 g/mol. The Bertz CT molecular complexity index is 656. The van der Waals surface area contributed by atoms with Crippen molar-refractivity contribution in [3.63, 3.8) is 0 Å². The highest BCUT2D eigenvalue weighted by molar-refractivity contribution is 5.66. The fourth-order valence-electron chi connectivity index (χ4n) is 3.16. The van der Waals surface area contributed by atoms with Crippen LogP contribution in [0.15, 0.2) is 65.7 Å². The van der Waals surface area contributed by atoms with Gasteiger partial charge in [-0.2, -0.15) is 0 Å². The number of hydrogen-bond donors (Lipinski definition) is 1. The lowest BCUT2D eigenvalue weighted by molar-refractivity contribution is 0.305. The number of rotatable bonds is 8. The Balaban J connectivity index is 2.19. The quantitative estimate of drug-likeness (QED) is 0.550. The van der Waals surface area contributed by atoms with Crippen LogP contribution in [0.2, 0.25) is 0 Å². The van der Waals surface area contributed by atoms with E-state index in [0.717, 1.165) is 12.8 Å². The zero-order valence-corrected chi connectivity index (χ0v) is 16.9. The van der Waals surface area contributed by atoms with E-state index in [1.54, 1.807) is 0 Å². The second-order valence-corrected chi connectivity index (χ2v) is 8.01. The van der Waals surface area contributed by atoms with Crippen LogP contribution in [0.4, 0.5) is 0 Å². The highest BCUT2D eigenvalue weighted by atomic mass is 15.0. The molecule has 1 unspecified atom stereocenters. The third-order valence-electron chi connectivity index (χ3n) is 4.91. The molecule has 0 spiro atoms. The van der Waals surface area contributed by atoms with Crippen LogP contribution in [-0.4, -0.2) is 12.3 Å². The number of nitrogens with zero attached hydrogens (tertiary/aromatic N) is 1. The zero-order chi connectivity index (χ0) is 19.0. The maximum absolute atomic E-state index is 4.97. The van der Waals surface area contributed by atoms with Gasteiger partial charge in [-0.3, -0.25) is 4.99 Å². The minimum atomic E-state index is 0.0979. The van der Waals surface area contributed by atoms with E-state index in [1.807, 2.05) is 0 Å². The average molecular weight is 351 g/mol. The molecule has 0 amide bonds. The van der Waals surface area contributed by atoms with E-state index in [-0.39, 0.29) is 17.5 Å². The Labute approximate surface area is 159 Å². The van der Waals surface area contributed by atoms with Gasteiger partial charge >= 0.3 is 0 Å². The molecular formula is C24H34N2. The van der Waals surface area contributed by atoms with Crippen LogP contribution in [0, 0.1) is 5.41 Å². The van der Waals surface area contributed by atoms with Crippen molar-refractivity contribution in [2.45, 2.75) is 65.6 Å². The van der Waals surface area contributed by atoms with E-state index in [0.29, 0.717) is 6.04 Å². The molecule has 2 heteroatoms. The first-order valence-electron chi connectivity index (χ1n) is 9.85. The highest BCUT2D eigenvalue weighted by Gasteiger charge is 2.26. The third kappa shape index (κ3) is 5.81. The third-order valence-corrected chi connectivity index (χ3v) is 4.91. The van der Waals surface area contributed by atoms with Crippen molar-refractivity contribution in [1.29, 1.82) is 0 Å². The summed E-state index contributed by atoms with van der Waals surface area (Å²) in [4.78, 5) is 4.97. The van der Waals surface area contributed by atoms with Crippen LogP contribution in [0.1, 0.15) is 70.7 Å². The molecule has 0 aliphatic carbocycles. The van der Waals surface area contributed by atoms with Gasteiger partial charge in [0.1, 0.15) is 0 Å². The zero-order valence-electron chi connectivity index (χ0n) is 16.9. The predicted octanol–water partition coefficient (Wildman–Crippen LogP) is 6.36. The van der Waals surface area contributed by atoms with Gasteiger partial charge in [-0.05, 0) is 29.4 Å². The molecule has 1 N–H and O–H groups in total. The number of benzene rings is 2. The highest BCUT2D eigenvalue weighted by Crippen LogP contribution is 2.26. The molecule has 0 saturated heterocycles. The van der Waals surface area contributed by atoms with Crippen LogP contribution in [0.25, 0.3) is 0 Å². The number of aliphatic imine (C=N–C) groups is 1. The van der Waals surface area contributed by atoms with Gasteiger partial charge in [-0.1, -0.05) is 95.3 Å². The van der Waals surface area contributed by atoms with E-state index < -0.39 is 0 Å². The van der Waals surface area contributed by atoms with Crippen LogP contribution in [-0.2, 0) is 0 Å². The second-order valence-electron chi connectivity index (χ2n) is 8.01. The first kappa shape index (κ1) is 20.4. The van der Waals surface area contributed by atoms with E-state index >= 15 is 0 Å². The monoisotopic (exact) mass is 350 g/mol. The molecule has 0 saturated carbocycles. The molecule has 3 atom stereocenters. The van der Waals surface area contributed by atoms with Crippen molar-refractivity contribution in [2.75, 3.05) is 0 Å².